The maximum Gasteiger partial charge on any atom is 0.472 e. The smallest absolute Gasteiger partial charge is 0.463 e. The fourth-order valence-corrected chi connectivity index (χ4v) is 13.1. The Hall–Kier alpha value is -5.35. The number of unbranched alkanes of at least 4 members (excludes halogenated alkanes) is 29. The molecule has 0 saturated carbocycles. The third-order valence-corrected chi connectivity index (χ3v) is 20.0. The summed E-state index contributed by atoms with van der Waals surface area (Å²) in [5, 5.41) is 20.7. The molecule has 0 spiro atoms. The summed E-state index contributed by atoms with van der Waals surface area (Å²) < 4.78 is 61.3. The van der Waals surface area contributed by atoms with E-state index in [0.717, 1.165) is 199 Å². The minimum Gasteiger partial charge on any atom is -0.463 e. The maximum atomic E-state index is 13.0. The Morgan fingerprint density at radius 3 is 0.699 bits per heavy atom. The summed E-state index contributed by atoms with van der Waals surface area (Å²) >= 11 is 0. The predicted molar refractivity (Wildman–Crippen MR) is 472 cm³/mol. The lowest BCUT2D eigenvalue weighted by molar-refractivity contribution is -0.161. The van der Waals surface area contributed by atoms with E-state index in [1.54, 1.807) is 0 Å². The molecule has 18 heteroatoms. The maximum absolute atomic E-state index is 13.0. The van der Waals surface area contributed by atoms with Crippen molar-refractivity contribution in [3.8, 4) is 0 Å². The van der Waals surface area contributed by atoms with Crippen molar-refractivity contribution < 1.29 is 75.8 Å². The second kappa shape index (κ2) is 86.0. The Bertz CT molecular complexity index is 2780. The number of rotatable bonds is 82. The van der Waals surface area contributed by atoms with Gasteiger partial charge in [0.05, 0.1) is 26.4 Å². The van der Waals surface area contributed by atoms with Gasteiger partial charge in [-0.1, -0.05) is 351 Å². The predicted octanol–water partition coefficient (Wildman–Crippen LogP) is 26.9. The fourth-order valence-electron chi connectivity index (χ4n) is 11.5. The van der Waals surface area contributed by atoms with Crippen molar-refractivity contribution in [3.05, 3.63) is 182 Å². The lowest BCUT2D eigenvalue weighted by Crippen LogP contribution is -2.30. The molecule has 0 radical (unpaired) electrons. The Morgan fingerprint density at radius 1 is 0.248 bits per heavy atom. The highest BCUT2D eigenvalue weighted by Crippen LogP contribution is 2.45. The summed E-state index contributed by atoms with van der Waals surface area (Å²) in [4.78, 5) is 58.9. The van der Waals surface area contributed by atoms with Crippen molar-refractivity contribution in [2.45, 2.75) is 360 Å². The van der Waals surface area contributed by atoms with E-state index in [0.29, 0.717) is 19.3 Å². The number of aliphatic hydroxyl groups excluding tert-OH is 2. The first-order valence-electron chi connectivity index (χ1n) is 44.1. The average Bonchev–Trinajstić information content (AvgIpc) is 0.886. The molecular formula is C95H158O16P2. The molecule has 0 amide bonds. The second-order valence-corrected chi connectivity index (χ2v) is 31.8. The summed E-state index contributed by atoms with van der Waals surface area (Å²) in [6.07, 6.45) is 112. The summed E-state index contributed by atoms with van der Waals surface area (Å²) in [6, 6.07) is 0. The van der Waals surface area contributed by atoms with Gasteiger partial charge in [-0.25, -0.2) is 9.13 Å². The molecule has 0 saturated heterocycles. The molecule has 644 valence electrons. The van der Waals surface area contributed by atoms with Gasteiger partial charge < -0.3 is 34.2 Å². The van der Waals surface area contributed by atoms with Crippen LogP contribution >= 0.6 is 15.6 Å². The molecule has 0 heterocycles. The lowest BCUT2D eigenvalue weighted by atomic mass is 10.0. The van der Waals surface area contributed by atoms with Crippen LogP contribution in [-0.2, 0) is 55.8 Å². The Kier molecular flexibility index (Phi) is 81.9. The van der Waals surface area contributed by atoms with E-state index >= 15 is 0 Å². The van der Waals surface area contributed by atoms with Gasteiger partial charge in [0.15, 0.2) is 6.10 Å². The highest BCUT2D eigenvalue weighted by atomic mass is 31.2. The van der Waals surface area contributed by atoms with Gasteiger partial charge in [-0.15, -0.1) is 0 Å². The standard InChI is InChI=1S/C95H158O16P2/c1-4-7-10-13-16-19-22-25-28-31-33-35-37-39-40-41-42-43-44-45-46-47-48-50-52-53-55-58-60-63-66-69-72-75-78-81-93(98)105-84-90(96)85-107-112(101,102)108-86-91(97)87-109-113(103,104)110-89-92(111-95(100)83-80-77-74-71-68-65-62-57-30-27-24-21-18-15-12-9-6-3)88-106-94(99)82-79-76-73-70-67-64-61-59-56-54-51-49-38-36-34-32-29-26-23-20-17-14-11-8-5-2/h7-12,16-21,25-30,33-36,39-40,42-43,49,51,56,59,90-92,96-97H,4-6,13-15,22-24,31-32,37-38,41,44-48,50,52-55,57-58,60-89H2,1-3H3,(H,101,102)(H,103,104)/b10-7-,11-8-,12-9-,19-16-,20-17-,21-18-,28-25-,29-26-,30-27-,35-33-,36-34-,40-39-,43-42-,51-49-,59-56-. The summed E-state index contributed by atoms with van der Waals surface area (Å²) in [5.41, 5.74) is 0. The van der Waals surface area contributed by atoms with E-state index in [9.17, 15) is 43.5 Å². The van der Waals surface area contributed by atoms with Crippen molar-refractivity contribution in [2.24, 2.45) is 0 Å². The highest BCUT2D eigenvalue weighted by molar-refractivity contribution is 7.47. The molecule has 16 nitrogen and oxygen atoms in total. The normalized spacial score (nSPS) is 14.7. The van der Waals surface area contributed by atoms with Crippen molar-refractivity contribution >= 4 is 33.6 Å². The largest absolute Gasteiger partial charge is 0.472 e. The number of allylic oxidation sites excluding steroid dienone is 30. The van der Waals surface area contributed by atoms with Gasteiger partial charge in [0.2, 0.25) is 0 Å². The first kappa shape index (κ1) is 108. The first-order valence-corrected chi connectivity index (χ1v) is 47.1. The summed E-state index contributed by atoms with van der Waals surface area (Å²) in [5.74, 6) is -1.60. The zero-order valence-corrected chi connectivity index (χ0v) is 72.5. The van der Waals surface area contributed by atoms with Gasteiger partial charge in [0.25, 0.3) is 0 Å². The van der Waals surface area contributed by atoms with E-state index in [4.69, 9.17) is 32.3 Å². The molecule has 0 bridgehead atoms. The van der Waals surface area contributed by atoms with Crippen LogP contribution in [-0.4, -0.2) is 95.9 Å². The molecule has 113 heavy (non-hydrogen) atoms. The summed E-state index contributed by atoms with van der Waals surface area (Å²) in [6.45, 7) is 2.33. The second-order valence-electron chi connectivity index (χ2n) is 28.9. The van der Waals surface area contributed by atoms with Crippen molar-refractivity contribution in [3.63, 3.8) is 0 Å². The van der Waals surface area contributed by atoms with Crippen molar-refractivity contribution in [1.29, 1.82) is 0 Å². The van der Waals surface area contributed by atoms with Gasteiger partial charge in [-0.05, 0) is 154 Å². The van der Waals surface area contributed by atoms with E-state index in [1.165, 1.54) is 83.5 Å². The highest BCUT2D eigenvalue weighted by Gasteiger charge is 2.29. The third-order valence-electron chi connectivity index (χ3n) is 18.1. The monoisotopic (exact) mass is 1620 g/mol. The van der Waals surface area contributed by atoms with Crippen LogP contribution in [0.15, 0.2) is 182 Å². The van der Waals surface area contributed by atoms with Crippen LogP contribution in [0, 0.1) is 0 Å². The third kappa shape index (κ3) is 87.3. The number of ether oxygens (including phenoxy) is 3. The molecule has 0 aromatic rings. The number of carbonyl (C=O) groups is 3. The Balaban J connectivity index is 4.51. The lowest BCUT2D eigenvalue weighted by Gasteiger charge is -2.21. The van der Waals surface area contributed by atoms with Gasteiger partial charge in [-0.2, -0.15) is 0 Å². The zero-order valence-electron chi connectivity index (χ0n) is 70.7. The number of hydrogen-bond acceptors (Lipinski definition) is 14. The van der Waals surface area contributed by atoms with Gasteiger partial charge in [-0.3, -0.25) is 32.5 Å². The number of aliphatic hydroxyl groups is 2. The summed E-state index contributed by atoms with van der Waals surface area (Å²) in [7, 11) is -9.82. The molecule has 0 fully saturated rings. The van der Waals surface area contributed by atoms with Crippen LogP contribution in [0.1, 0.15) is 342 Å². The molecule has 5 unspecified atom stereocenters. The van der Waals surface area contributed by atoms with Crippen LogP contribution in [0.4, 0.5) is 0 Å². The van der Waals surface area contributed by atoms with Crippen LogP contribution in [0.25, 0.3) is 0 Å². The first-order chi connectivity index (χ1) is 55.2. The number of carbonyl (C=O) groups excluding carboxylic acids is 3. The van der Waals surface area contributed by atoms with E-state index in [-0.39, 0.29) is 19.3 Å². The van der Waals surface area contributed by atoms with Crippen LogP contribution in [0.5, 0.6) is 0 Å². The van der Waals surface area contributed by atoms with Gasteiger partial charge in [0.1, 0.15) is 25.4 Å². The zero-order chi connectivity index (χ0) is 82.2. The van der Waals surface area contributed by atoms with Gasteiger partial charge in [0, 0.05) is 19.3 Å². The number of hydrogen-bond donors (Lipinski definition) is 4. The number of esters is 3. The molecule has 0 aromatic heterocycles. The Morgan fingerprint density at radius 2 is 0.442 bits per heavy atom. The molecule has 4 N–H and O–H groups in total. The van der Waals surface area contributed by atoms with Crippen LogP contribution in [0.2, 0.25) is 0 Å². The van der Waals surface area contributed by atoms with E-state index in [2.05, 4.69) is 203 Å². The molecule has 0 aliphatic carbocycles. The minimum absolute atomic E-state index is 0.0845. The molecule has 0 aliphatic rings. The quantitative estimate of drug-likeness (QED) is 0.0146. The number of phosphoric acid groups is 2. The van der Waals surface area contributed by atoms with E-state index < -0.39 is 91.5 Å². The minimum atomic E-state index is -4.95. The van der Waals surface area contributed by atoms with Gasteiger partial charge >= 0.3 is 33.6 Å². The molecular weight excluding hydrogens is 1460 g/mol. The van der Waals surface area contributed by atoms with Crippen molar-refractivity contribution in [1.82, 2.24) is 0 Å². The molecule has 5 atom stereocenters. The van der Waals surface area contributed by atoms with Crippen LogP contribution in [0.3, 0.4) is 0 Å². The molecule has 0 rings (SSSR count). The molecule has 0 aliphatic heterocycles. The molecule has 0 aromatic carbocycles. The van der Waals surface area contributed by atoms with Crippen molar-refractivity contribution in [2.75, 3.05) is 39.6 Å². The van der Waals surface area contributed by atoms with Crippen LogP contribution < -0.4 is 0 Å². The fraction of sp³-hybridized carbons (Fsp3) is 0.653. The SMILES string of the molecule is CC/C=C\C/C=C\C/C=C\C/C=C\C/C=C\C/C=C\CCCCCCCCCCCCCCCCCCC(=O)OCC(O)COP(=O)(O)OCC(O)COP(=O)(O)OCC(COC(=O)CCCCCCCC/C=C\C/C=C\C/C=C\C/C=C\C/C=C\C/C=C\CC)OC(=O)CCCCCCCCC/C=C\C/C=C\C/C=C\CC. The number of phosphoric ester groups is 2. The topological polar surface area (TPSA) is 231 Å². The van der Waals surface area contributed by atoms with E-state index in [1.807, 2.05) is 0 Å². The Labute approximate surface area is 687 Å². The average molecular weight is 1620 g/mol.